The number of hydrogen-bond donors (Lipinski definition) is 2. The molecule has 11 heavy (non-hydrogen) atoms. The molecule has 1 heterocycles. The van der Waals surface area contributed by atoms with Crippen LogP contribution in [0.4, 0.5) is 0 Å². The molecule has 4 nitrogen and oxygen atoms in total. The quantitative estimate of drug-likeness (QED) is 0.672. The van der Waals surface area contributed by atoms with Crippen LogP contribution in [0.25, 0.3) is 0 Å². The summed E-state index contributed by atoms with van der Waals surface area (Å²) in [5.41, 5.74) is 0. The molecule has 0 aromatic carbocycles. The van der Waals surface area contributed by atoms with Gasteiger partial charge in [-0.2, -0.15) is 0 Å². The van der Waals surface area contributed by atoms with E-state index in [1.54, 1.807) is 12.1 Å². The van der Waals surface area contributed by atoms with Crippen molar-refractivity contribution in [1.82, 2.24) is 4.98 Å². The highest BCUT2D eigenvalue weighted by molar-refractivity contribution is 8.06. The van der Waals surface area contributed by atoms with Crippen LogP contribution in [0.15, 0.2) is 24.4 Å². The normalized spacial score (nSPS) is 11.1. The second-order valence-electron chi connectivity index (χ2n) is 1.75. The third-order valence-corrected chi connectivity index (χ3v) is 1.50. The molecule has 1 rings (SSSR count). The van der Waals surface area contributed by atoms with Crippen LogP contribution in [-0.4, -0.2) is 14.8 Å². The minimum atomic E-state index is -3.62. The first-order chi connectivity index (χ1) is 5.08. The van der Waals surface area contributed by atoms with E-state index in [4.69, 9.17) is 9.79 Å². The van der Waals surface area contributed by atoms with Gasteiger partial charge in [-0.15, -0.1) is 0 Å². The molecule has 0 bridgehead atoms. The molecule has 0 amide bonds. The highest BCUT2D eigenvalue weighted by atomic mass is 32.5. The number of nitrogens with zero attached hydrogens (tertiary/aromatic N) is 1. The molecule has 0 unspecified atom stereocenters. The summed E-state index contributed by atoms with van der Waals surface area (Å²) in [7, 11) is 0. The van der Waals surface area contributed by atoms with Crippen LogP contribution in [0.2, 0.25) is 0 Å². The van der Waals surface area contributed by atoms with Crippen molar-refractivity contribution in [3.8, 4) is 5.88 Å². The molecule has 6 heteroatoms. The Morgan fingerprint density at radius 3 is 2.64 bits per heavy atom. The topological polar surface area (TPSA) is 62.6 Å². The van der Waals surface area contributed by atoms with Crippen LogP contribution in [0.3, 0.4) is 0 Å². The lowest BCUT2D eigenvalue weighted by Crippen LogP contribution is -1.90. The minimum absolute atomic E-state index is 0.126. The summed E-state index contributed by atoms with van der Waals surface area (Å²) in [5, 5.41) is 0. The molecule has 0 atom stereocenters. The van der Waals surface area contributed by atoms with Crippen LogP contribution in [0, 0.1) is 0 Å². The van der Waals surface area contributed by atoms with Gasteiger partial charge in [0, 0.05) is 24.1 Å². The summed E-state index contributed by atoms with van der Waals surface area (Å²) < 4.78 is 4.53. The van der Waals surface area contributed by atoms with Gasteiger partial charge in [0.05, 0.1) is 0 Å². The first-order valence-corrected chi connectivity index (χ1v) is 5.37. The molecule has 1 aromatic rings. The van der Waals surface area contributed by atoms with E-state index >= 15 is 0 Å². The maximum absolute atomic E-state index is 8.69. The standard InChI is InChI=1S/C5H6NO3PS/c7-10(8,11)9-5-3-1-2-4-6-5/h1-4H,(H2,7,8,11). The van der Waals surface area contributed by atoms with Crippen molar-refractivity contribution in [3.63, 3.8) is 0 Å². The van der Waals surface area contributed by atoms with Crippen molar-refractivity contribution in [2.24, 2.45) is 0 Å². The Morgan fingerprint density at radius 2 is 2.18 bits per heavy atom. The summed E-state index contributed by atoms with van der Waals surface area (Å²) in [6.07, 6.45) is 1.47. The maximum atomic E-state index is 8.69. The molecule has 2 N–H and O–H groups in total. The van der Waals surface area contributed by atoms with E-state index in [9.17, 15) is 0 Å². The second kappa shape index (κ2) is 3.28. The lowest BCUT2D eigenvalue weighted by atomic mass is 10.5. The molecule has 0 aliphatic carbocycles. The third kappa shape index (κ3) is 3.43. The molecule has 0 aliphatic rings. The third-order valence-electron chi connectivity index (χ3n) is 0.850. The Bertz CT molecular complexity index is 272. The van der Waals surface area contributed by atoms with Crippen molar-refractivity contribution in [3.05, 3.63) is 24.4 Å². The van der Waals surface area contributed by atoms with Crippen molar-refractivity contribution in [1.29, 1.82) is 0 Å². The average Bonchev–Trinajstić information content (AvgIpc) is 1.85. The summed E-state index contributed by atoms with van der Waals surface area (Å²) in [4.78, 5) is 21.1. The molecule has 60 valence electrons. The summed E-state index contributed by atoms with van der Waals surface area (Å²) in [5.74, 6) is 0.126. The monoisotopic (exact) mass is 191 g/mol. The summed E-state index contributed by atoms with van der Waals surface area (Å²) >= 11 is 4.23. The predicted octanol–water partition coefficient (Wildman–Crippen LogP) is 0.669. The number of hydrogen-bond acceptors (Lipinski definition) is 3. The second-order valence-corrected chi connectivity index (χ2v) is 4.34. The zero-order chi connectivity index (χ0) is 8.32. The summed E-state index contributed by atoms with van der Waals surface area (Å²) in [6, 6.07) is 4.84. The van der Waals surface area contributed by atoms with E-state index in [-0.39, 0.29) is 5.88 Å². The Balaban J connectivity index is 2.74. The molecular formula is C5H6NO3PS. The Kier molecular flexibility index (Phi) is 2.57. The molecule has 0 aliphatic heterocycles. The Morgan fingerprint density at radius 1 is 1.45 bits per heavy atom. The minimum Gasteiger partial charge on any atom is -0.406 e. The van der Waals surface area contributed by atoms with Crippen molar-refractivity contribution in [2.75, 3.05) is 0 Å². The van der Waals surface area contributed by atoms with E-state index in [2.05, 4.69) is 21.3 Å². The van der Waals surface area contributed by atoms with E-state index < -0.39 is 6.72 Å². The lowest BCUT2D eigenvalue weighted by molar-refractivity contribution is 0.364. The fourth-order valence-electron chi connectivity index (χ4n) is 0.523. The molecule has 0 fully saturated rings. The first-order valence-electron chi connectivity index (χ1n) is 2.74. The molecular weight excluding hydrogens is 185 g/mol. The van der Waals surface area contributed by atoms with Gasteiger partial charge >= 0.3 is 6.72 Å². The number of pyridine rings is 1. The largest absolute Gasteiger partial charge is 0.406 e. The highest BCUT2D eigenvalue weighted by Gasteiger charge is 2.09. The fourth-order valence-corrected chi connectivity index (χ4v) is 1.10. The Hall–Kier alpha value is -0.480. The van der Waals surface area contributed by atoms with Gasteiger partial charge < -0.3 is 14.3 Å². The van der Waals surface area contributed by atoms with Gasteiger partial charge in [0.15, 0.2) is 0 Å². The lowest BCUT2D eigenvalue weighted by Gasteiger charge is -2.07. The van der Waals surface area contributed by atoms with Crippen LogP contribution < -0.4 is 4.52 Å². The van der Waals surface area contributed by atoms with Gasteiger partial charge in [-0.3, -0.25) is 0 Å². The number of rotatable bonds is 2. The van der Waals surface area contributed by atoms with Gasteiger partial charge in [0.1, 0.15) is 0 Å². The maximum Gasteiger partial charge on any atom is 0.376 e. The summed E-state index contributed by atoms with van der Waals surface area (Å²) in [6.45, 7) is -3.62. The van der Waals surface area contributed by atoms with Crippen LogP contribution >= 0.6 is 6.72 Å². The molecule has 0 spiro atoms. The van der Waals surface area contributed by atoms with Gasteiger partial charge in [0.25, 0.3) is 0 Å². The SMILES string of the molecule is OP(O)(=S)Oc1ccccn1. The van der Waals surface area contributed by atoms with Gasteiger partial charge in [0.2, 0.25) is 5.88 Å². The first kappa shape index (κ1) is 8.62. The van der Waals surface area contributed by atoms with Gasteiger partial charge in [-0.25, -0.2) is 4.98 Å². The van der Waals surface area contributed by atoms with Crippen molar-refractivity contribution < 1.29 is 14.3 Å². The van der Waals surface area contributed by atoms with E-state index in [1.807, 2.05) is 0 Å². The van der Waals surface area contributed by atoms with Crippen LogP contribution in [0.5, 0.6) is 5.88 Å². The Labute approximate surface area is 68.7 Å². The fraction of sp³-hybridized carbons (Fsp3) is 0. The van der Waals surface area contributed by atoms with Gasteiger partial charge in [-0.1, -0.05) is 6.07 Å². The predicted molar refractivity (Wildman–Crippen MR) is 43.6 cm³/mol. The van der Waals surface area contributed by atoms with Crippen molar-refractivity contribution >= 4 is 18.5 Å². The van der Waals surface area contributed by atoms with E-state index in [1.165, 1.54) is 12.3 Å². The zero-order valence-corrected chi connectivity index (χ0v) is 7.13. The van der Waals surface area contributed by atoms with Crippen LogP contribution in [0.1, 0.15) is 0 Å². The highest BCUT2D eigenvalue weighted by Crippen LogP contribution is 2.36. The molecule has 0 radical (unpaired) electrons. The van der Waals surface area contributed by atoms with E-state index in [0.717, 1.165) is 0 Å². The molecule has 0 saturated heterocycles. The van der Waals surface area contributed by atoms with Gasteiger partial charge in [-0.05, 0) is 6.07 Å². The van der Waals surface area contributed by atoms with Crippen molar-refractivity contribution in [2.45, 2.75) is 0 Å². The van der Waals surface area contributed by atoms with Crippen LogP contribution in [-0.2, 0) is 11.8 Å². The molecule has 1 aromatic heterocycles. The average molecular weight is 191 g/mol. The number of aromatic nitrogens is 1. The zero-order valence-electron chi connectivity index (χ0n) is 5.41. The smallest absolute Gasteiger partial charge is 0.376 e. The van der Waals surface area contributed by atoms with E-state index in [0.29, 0.717) is 0 Å². The molecule has 0 saturated carbocycles.